The molecule has 0 aliphatic carbocycles. The zero-order chi connectivity index (χ0) is 16.8. The van der Waals surface area contributed by atoms with E-state index in [-0.39, 0.29) is 0 Å². The highest BCUT2D eigenvalue weighted by molar-refractivity contribution is 5.28. The summed E-state index contributed by atoms with van der Waals surface area (Å²) >= 11 is 0. The van der Waals surface area contributed by atoms with Gasteiger partial charge in [-0.15, -0.1) is 0 Å². The number of benzene rings is 1. The van der Waals surface area contributed by atoms with Crippen molar-refractivity contribution in [1.82, 2.24) is 5.32 Å². The van der Waals surface area contributed by atoms with Crippen LogP contribution in [-0.2, 0) is 0 Å². The Morgan fingerprint density at radius 2 is 1.61 bits per heavy atom. The molecule has 1 N–H and O–H groups in total. The van der Waals surface area contributed by atoms with E-state index in [4.69, 9.17) is 0 Å². The standard InChI is InChI=1S/C22H37N/c1-4-7-9-12-16-20(15-11-8-5-2)22(23-19-6-3)21-17-13-10-14-18-21/h10,13-14,16-18,22-23H,4-9,11-12,15,19H2,1-3H3/b20-16-. The molecule has 1 heteroatoms. The number of nitrogens with one attached hydrogen (secondary N) is 1. The zero-order valence-electron chi connectivity index (χ0n) is 15.6. The van der Waals surface area contributed by atoms with Gasteiger partial charge in [0.15, 0.2) is 0 Å². The summed E-state index contributed by atoms with van der Waals surface area (Å²) in [6.45, 7) is 7.90. The fourth-order valence-electron chi connectivity index (χ4n) is 3.02. The first kappa shape index (κ1) is 20.0. The Morgan fingerprint density at radius 3 is 2.26 bits per heavy atom. The minimum absolute atomic E-state index is 0.398. The highest BCUT2D eigenvalue weighted by Crippen LogP contribution is 2.27. The van der Waals surface area contributed by atoms with E-state index in [1.54, 1.807) is 5.57 Å². The molecular weight excluding hydrogens is 278 g/mol. The maximum absolute atomic E-state index is 3.79. The summed E-state index contributed by atoms with van der Waals surface area (Å²) in [6, 6.07) is 11.4. The van der Waals surface area contributed by atoms with Crippen molar-refractivity contribution >= 4 is 0 Å². The molecular formula is C22H37N. The van der Waals surface area contributed by atoms with Crippen molar-refractivity contribution in [1.29, 1.82) is 0 Å². The van der Waals surface area contributed by atoms with Gasteiger partial charge in [-0.25, -0.2) is 0 Å². The van der Waals surface area contributed by atoms with Gasteiger partial charge in [0, 0.05) is 0 Å². The molecule has 0 aliphatic rings. The normalized spacial score (nSPS) is 13.3. The van der Waals surface area contributed by atoms with Gasteiger partial charge >= 0.3 is 0 Å². The van der Waals surface area contributed by atoms with Crippen LogP contribution in [0.4, 0.5) is 0 Å². The minimum Gasteiger partial charge on any atom is -0.307 e. The molecule has 0 aromatic heterocycles. The van der Waals surface area contributed by atoms with Crippen molar-refractivity contribution in [3.63, 3.8) is 0 Å². The van der Waals surface area contributed by atoms with Gasteiger partial charge in [-0.05, 0) is 44.2 Å². The summed E-state index contributed by atoms with van der Waals surface area (Å²) in [5, 5.41) is 3.79. The predicted octanol–water partition coefficient (Wildman–Crippen LogP) is 6.81. The van der Waals surface area contributed by atoms with E-state index >= 15 is 0 Å². The highest BCUT2D eigenvalue weighted by Gasteiger charge is 2.15. The molecule has 1 aromatic rings. The first-order valence-corrected chi connectivity index (χ1v) is 9.80. The fourth-order valence-corrected chi connectivity index (χ4v) is 3.02. The van der Waals surface area contributed by atoms with Crippen LogP contribution < -0.4 is 5.32 Å². The van der Waals surface area contributed by atoms with Crippen LogP contribution in [0.2, 0.25) is 0 Å². The maximum atomic E-state index is 3.79. The lowest BCUT2D eigenvalue weighted by Gasteiger charge is -2.23. The molecule has 1 rings (SSSR count). The molecule has 0 radical (unpaired) electrons. The molecule has 0 bridgehead atoms. The van der Waals surface area contributed by atoms with Crippen LogP contribution in [0.3, 0.4) is 0 Å². The Morgan fingerprint density at radius 1 is 0.913 bits per heavy atom. The molecule has 1 nitrogen and oxygen atoms in total. The van der Waals surface area contributed by atoms with Gasteiger partial charge in [0.25, 0.3) is 0 Å². The van der Waals surface area contributed by atoms with Crippen molar-refractivity contribution in [3.8, 4) is 0 Å². The van der Waals surface area contributed by atoms with Crippen molar-refractivity contribution < 1.29 is 0 Å². The summed E-state index contributed by atoms with van der Waals surface area (Å²) in [7, 11) is 0. The van der Waals surface area contributed by atoms with Crippen molar-refractivity contribution in [2.24, 2.45) is 0 Å². The number of allylic oxidation sites excluding steroid dienone is 1. The monoisotopic (exact) mass is 315 g/mol. The minimum atomic E-state index is 0.398. The molecule has 0 saturated heterocycles. The lowest BCUT2D eigenvalue weighted by Crippen LogP contribution is -2.24. The van der Waals surface area contributed by atoms with E-state index in [9.17, 15) is 0 Å². The second kappa shape index (κ2) is 13.4. The first-order valence-electron chi connectivity index (χ1n) is 9.80. The first-order chi connectivity index (χ1) is 11.3. The van der Waals surface area contributed by atoms with Gasteiger partial charge < -0.3 is 5.32 Å². The average Bonchev–Trinajstić information content (AvgIpc) is 2.59. The maximum Gasteiger partial charge on any atom is 0.0536 e. The summed E-state index contributed by atoms with van der Waals surface area (Å²) in [6.07, 6.45) is 14.1. The summed E-state index contributed by atoms with van der Waals surface area (Å²) in [5.74, 6) is 0. The molecule has 1 aromatic carbocycles. The second-order valence-electron chi connectivity index (χ2n) is 6.53. The van der Waals surface area contributed by atoms with Crippen LogP contribution >= 0.6 is 0 Å². The Labute approximate surface area is 144 Å². The zero-order valence-corrected chi connectivity index (χ0v) is 15.6. The van der Waals surface area contributed by atoms with E-state index < -0.39 is 0 Å². The van der Waals surface area contributed by atoms with Crippen LogP contribution in [0.25, 0.3) is 0 Å². The molecule has 1 atom stereocenters. The van der Waals surface area contributed by atoms with Gasteiger partial charge in [0.05, 0.1) is 6.04 Å². The lowest BCUT2D eigenvalue weighted by molar-refractivity contribution is 0.557. The van der Waals surface area contributed by atoms with E-state index in [1.165, 1.54) is 63.4 Å². The Hall–Kier alpha value is -1.08. The van der Waals surface area contributed by atoms with Crippen LogP contribution in [0.15, 0.2) is 42.0 Å². The van der Waals surface area contributed by atoms with Crippen LogP contribution in [0.1, 0.15) is 90.2 Å². The van der Waals surface area contributed by atoms with Crippen LogP contribution in [0, 0.1) is 0 Å². The molecule has 0 saturated carbocycles. The van der Waals surface area contributed by atoms with Gasteiger partial charge in [-0.3, -0.25) is 0 Å². The van der Waals surface area contributed by atoms with Gasteiger partial charge in [-0.2, -0.15) is 0 Å². The molecule has 0 amide bonds. The number of rotatable bonds is 13. The molecule has 0 fully saturated rings. The Balaban J connectivity index is 2.85. The molecule has 0 heterocycles. The largest absolute Gasteiger partial charge is 0.307 e. The third-order valence-corrected chi connectivity index (χ3v) is 4.39. The van der Waals surface area contributed by atoms with E-state index in [2.05, 4.69) is 62.5 Å². The SMILES string of the molecule is CCCCC/C=C(/CCCCC)C(NCCC)c1ccccc1. The topological polar surface area (TPSA) is 12.0 Å². The predicted molar refractivity (Wildman–Crippen MR) is 104 cm³/mol. The highest BCUT2D eigenvalue weighted by atomic mass is 14.9. The smallest absolute Gasteiger partial charge is 0.0536 e. The van der Waals surface area contributed by atoms with Crippen LogP contribution in [0.5, 0.6) is 0 Å². The third-order valence-electron chi connectivity index (χ3n) is 4.39. The summed E-state index contributed by atoms with van der Waals surface area (Å²) in [5.41, 5.74) is 3.02. The van der Waals surface area contributed by atoms with Crippen molar-refractivity contribution in [2.45, 2.75) is 84.6 Å². The van der Waals surface area contributed by atoms with Crippen LogP contribution in [-0.4, -0.2) is 6.54 Å². The van der Waals surface area contributed by atoms with Crippen molar-refractivity contribution in [3.05, 3.63) is 47.5 Å². The number of hydrogen-bond donors (Lipinski definition) is 1. The van der Waals surface area contributed by atoms with E-state index in [1.807, 2.05) is 0 Å². The molecule has 1 unspecified atom stereocenters. The van der Waals surface area contributed by atoms with Gasteiger partial charge in [-0.1, -0.05) is 88.4 Å². The summed E-state index contributed by atoms with van der Waals surface area (Å²) in [4.78, 5) is 0. The number of hydrogen-bond acceptors (Lipinski definition) is 1. The second-order valence-corrected chi connectivity index (χ2v) is 6.53. The van der Waals surface area contributed by atoms with Crippen molar-refractivity contribution in [2.75, 3.05) is 6.54 Å². The Kier molecular flexibility index (Phi) is 11.6. The Bertz CT molecular complexity index is 407. The summed E-state index contributed by atoms with van der Waals surface area (Å²) < 4.78 is 0. The fraction of sp³-hybridized carbons (Fsp3) is 0.636. The molecule has 130 valence electrons. The average molecular weight is 316 g/mol. The van der Waals surface area contributed by atoms with E-state index in [0.29, 0.717) is 6.04 Å². The lowest BCUT2D eigenvalue weighted by atomic mass is 9.92. The molecule has 0 aliphatic heterocycles. The molecule has 23 heavy (non-hydrogen) atoms. The van der Waals surface area contributed by atoms with E-state index in [0.717, 1.165) is 6.54 Å². The van der Waals surface area contributed by atoms with Gasteiger partial charge in [0.1, 0.15) is 0 Å². The number of unbranched alkanes of at least 4 members (excludes halogenated alkanes) is 5. The van der Waals surface area contributed by atoms with Gasteiger partial charge in [0.2, 0.25) is 0 Å². The third kappa shape index (κ3) is 8.37. The molecule has 0 spiro atoms. The quantitative estimate of drug-likeness (QED) is 0.311.